The molecule has 0 N–H and O–H groups in total. The molecule has 70 heavy (non-hydrogen) atoms. The Hall–Kier alpha value is -6.79. The minimum atomic E-state index is -0.413. The second-order valence-electron chi connectivity index (χ2n) is 18.6. The van der Waals surface area contributed by atoms with Crippen molar-refractivity contribution in [3.8, 4) is 51.3 Å². The fourth-order valence-corrected chi connectivity index (χ4v) is 9.83. The average Bonchev–Trinajstić information content (AvgIpc) is 3.41. The number of benzene rings is 5. The van der Waals surface area contributed by atoms with Gasteiger partial charge in [0.15, 0.2) is 11.5 Å². The first-order chi connectivity index (χ1) is 34.4. The van der Waals surface area contributed by atoms with Crippen LogP contribution in [0.2, 0.25) is 0 Å². The predicted octanol–water partition coefficient (Wildman–Crippen LogP) is 14.2. The third kappa shape index (κ3) is 15.9. The highest BCUT2D eigenvalue weighted by atomic mass is 16.5. The molecular formula is C61H69NO8. The van der Waals surface area contributed by atoms with Gasteiger partial charge in [0.05, 0.1) is 51.3 Å². The molecule has 0 saturated heterocycles. The molecule has 0 bridgehead atoms. The molecule has 0 aromatic heterocycles. The molecule has 0 unspecified atom stereocenters. The van der Waals surface area contributed by atoms with E-state index >= 15 is 0 Å². The first kappa shape index (κ1) is 51.1. The molecule has 366 valence electrons. The minimum Gasteiger partial charge on any atom is -0.493 e. The van der Waals surface area contributed by atoms with Gasteiger partial charge in [-0.15, -0.1) is 0 Å². The number of nitriles is 1. The molecule has 9 heteroatoms. The highest BCUT2D eigenvalue weighted by Crippen LogP contribution is 2.40. The second kappa shape index (κ2) is 27.4. The number of nitrogens with zero attached hydrogens (tertiary/aromatic N) is 1. The highest BCUT2D eigenvalue weighted by Gasteiger charge is 2.24. The van der Waals surface area contributed by atoms with Crippen LogP contribution in [0.5, 0.6) is 23.0 Å². The number of carbonyl (C=O) groups is 2. The molecule has 0 heterocycles. The summed E-state index contributed by atoms with van der Waals surface area (Å²) in [5, 5.41) is 9.62. The number of rotatable bonds is 26. The van der Waals surface area contributed by atoms with E-state index in [0.29, 0.717) is 87.5 Å². The van der Waals surface area contributed by atoms with E-state index in [9.17, 15) is 14.9 Å². The zero-order chi connectivity index (χ0) is 48.8. The number of carbonyl (C=O) groups excluding carboxylic acids is 2. The van der Waals surface area contributed by atoms with Gasteiger partial charge in [0.2, 0.25) is 0 Å². The molecule has 5 aromatic carbocycles. The predicted molar refractivity (Wildman–Crippen MR) is 276 cm³/mol. The molecule has 9 nitrogen and oxygen atoms in total. The maximum atomic E-state index is 11.2. The Bertz CT molecular complexity index is 2440. The van der Waals surface area contributed by atoms with Gasteiger partial charge in [-0.25, -0.2) is 9.59 Å². The molecule has 2 aliphatic carbocycles. The van der Waals surface area contributed by atoms with Crippen LogP contribution in [0, 0.1) is 23.2 Å². The largest absolute Gasteiger partial charge is 0.493 e. The van der Waals surface area contributed by atoms with E-state index in [2.05, 4.69) is 92.0 Å². The molecule has 0 amide bonds. The Labute approximate surface area is 415 Å². The van der Waals surface area contributed by atoms with Gasteiger partial charge < -0.3 is 28.4 Å². The fraction of sp³-hybridized carbons (Fsp3) is 0.393. The smallest absolute Gasteiger partial charge is 0.330 e. The normalized spacial score (nSPS) is 17.6. The van der Waals surface area contributed by atoms with Crippen LogP contribution >= 0.6 is 0 Å². The number of hydrogen-bond donors (Lipinski definition) is 0. The standard InChI is InChI=1S/C61H69NO8/c1-3-60(63)69-41-7-39-65-56-32-28-54(29-33-56)52-24-20-50(21-25-52)48-16-11-45(12-17-48)9-5-37-67-58-36-15-47(44-62)43-59(58)68-38-6-10-46-13-18-49(19-14-46)51-22-26-53(27-23-51)55-30-34-57(35-31-55)66-40-8-42-70-61(64)4-2/h3-4,15,20-36,43,45-46,48-49H,1-2,5-14,16-19,37-42H2. The molecule has 0 spiro atoms. The van der Waals surface area contributed by atoms with Crippen LogP contribution in [-0.2, 0) is 19.1 Å². The Morgan fingerprint density at radius 2 is 0.857 bits per heavy atom. The van der Waals surface area contributed by atoms with Gasteiger partial charge in [0.25, 0.3) is 0 Å². The third-order valence-corrected chi connectivity index (χ3v) is 13.9. The van der Waals surface area contributed by atoms with Gasteiger partial charge >= 0.3 is 11.9 Å². The molecule has 5 aromatic rings. The first-order valence-electron chi connectivity index (χ1n) is 25.4. The molecule has 7 rings (SSSR count). The lowest BCUT2D eigenvalue weighted by atomic mass is 9.77. The van der Waals surface area contributed by atoms with Crippen LogP contribution < -0.4 is 18.9 Å². The molecule has 2 aliphatic rings. The van der Waals surface area contributed by atoms with Crippen molar-refractivity contribution in [2.75, 3.05) is 39.6 Å². The SMILES string of the molecule is C=CC(=O)OCCCOc1ccc(-c2ccc(C3CCC(CCCOc4ccc(C#N)cc4OCCCC4CCC(c5ccc(-c6ccc(OCCCOC(=O)C=C)cc6)cc5)CC4)CC3)cc2)cc1. The van der Waals surface area contributed by atoms with E-state index in [1.807, 2.05) is 42.5 Å². The van der Waals surface area contributed by atoms with Gasteiger partial charge in [-0.2, -0.15) is 5.26 Å². The van der Waals surface area contributed by atoms with Gasteiger partial charge in [-0.05, 0) is 171 Å². The molecule has 2 fully saturated rings. The van der Waals surface area contributed by atoms with E-state index in [-0.39, 0.29) is 0 Å². The van der Waals surface area contributed by atoms with Crippen LogP contribution in [0.4, 0.5) is 0 Å². The highest BCUT2D eigenvalue weighted by molar-refractivity contribution is 5.81. The molecule has 2 saturated carbocycles. The zero-order valence-electron chi connectivity index (χ0n) is 40.7. The average molecular weight is 944 g/mol. The lowest BCUT2D eigenvalue weighted by molar-refractivity contribution is -0.138. The molecule has 0 aliphatic heterocycles. The summed E-state index contributed by atoms with van der Waals surface area (Å²) in [6.45, 7) is 9.64. The van der Waals surface area contributed by atoms with E-state index < -0.39 is 11.9 Å². The van der Waals surface area contributed by atoms with Gasteiger partial charge in [0.1, 0.15) is 11.5 Å². The van der Waals surface area contributed by atoms with Crippen molar-refractivity contribution in [3.05, 3.63) is 157 Å². The monoisotopic (exact) mass is 944 g/mol. The van der Waals surface area contributed by atoms with Gasteiger partial charge in [-0.3, -0.25) is 0 Å². The van der Waals surface area contributed by atoms with E-state index in [1.165, 1.54) is 85.8 Å². The summed E-state index contributed by atoms with van der Waals surface area (Å²) < 4.78 is 34.2. The van der Waals surface area contributed by atoms with Crippen LogP contribution in [0.1, 0.15) is 118 Å². The van der Waals surface area contributed by atoms with Crippen molar-refractivity contribution in [1.82, 2.24) is 0 Å². The molecule has 0 radical (unpaired) electrons. The topological polar surface area (TPSA) is 113 Å². The summed E-state index contributed by atoms with van der Waals surface area (Å²) in [5.41, 5.74) is 8.12. The third-order valence-electron chi connectivity index (χ3n) is 13.9. The Balaban J connectivity index is 0.756. The number of hydrogen-bond acceptors (Lipinski definition) is 9. The van der Waals surface area contributed by atoms with Crippen LogP contribution in [0.25, 0.3) is 22.3 Å². The number of esters is 2. The van der Waals surface area contributed by atoms with Crippen molar-refractivity contribution < 1.29 is 38.0 Å². The Kier molecular flexibility index (Phi) is 20.0. The van der Waals surface area contributed by atoms with E-state index in [0.717, 1.165) is 54.1 Å². The zero-order valence-corrected chi connectivity index (χ0v) is 40.7. The lowest BCUT2D eigenvalue weighted by Crippen LogP contribution is -2.14. The Morgan fingerprint density at radius 1 is 0.471 bits per heavy atom. The van der Waals surface area contributed by atoms with Crippen molar-refractivity contribution in [2.45, 2.75) is 102 Å². The Morgan fingerprint density at radius 3 is 1.26 bits per heavy atom. The maximum Gasteiger partial charge on any atom is 0.330 e. The summed E-state index contributed by atoms with van der Waals surface area (Å²) in [7, 11) is 0. The van der Waals surface area contributed by atoms with Crippen molar-refractivity contribution in [1.29, 1.82) is 5.26 Å². The van der Waals surface area contributed by atoms with Crippen molar-refractivity contribution >= 4 is 11.9 Å². The molecule has 0 atom stereocenters. The quantitative estimate of drug-likeness (QED) is 0.0304. The van der Waals surface area contributed by atoms with Gasteiger partial charge in [-0.1, -0.05) is 86.0 Å². The minimum absolute atomic E-state index is 0.313. The summed E-state index contributed by atoms with van der Waals surface area (Å²) in [4.78, 5) is 22.3. The van der Waals surface area contributed by atoms with Crippen LogP contribution in [0.15, 0.2) is 141 Å². The summed E-state index contributed by atoms with van der Waals surface area (Å²) >= 11 is 0. The maximum absolute atomic E-state index is 11.2. The van der Waals surface area contributed by atoms with Gasteiger partial charge in [0, 0.05) is 31.1 Å². The number of ether oxygens (including phenoxy) is 6. The second-order valence-corrected chi connectivity index (χ2v) is 18.6. The summed E-state index contributed by atoms with van der Waals surface area (Å²) in [6.07, 6.45) is 17.6. The van der Waals surface area contributed by atoms with E-state index in [4.69, 9.17) is 28.4 Å². The first-order valence-corrected chi connectivity index (χ1v) is 25.4. The fourth-order valence-electron chi connectivity index (χ4n) is 9.83. The van der Waals surface area contributed by atoms with E-state index in [1.54, 1.807) is 0 Å². The van der Waals surface area contributed by atoms with Crippen molar-refractivity contribution in [3.63, 3.8) is 0 Å². The van der Waals surface area contributed by atoms with Crippen molar-refractivity contribution in [2.24, 2.45) is 11.8 Å². The summed E-state index contributed by atoms with van der Waals surface area (Å²) in [6, 6.07) is 42.2. The van der Waals surface area contributed by atoms with Crippen LogP contribution in [-0.4, -0.2) is 51.6 Å². The lowest BCUT2D eigenvalue weighted by Gasteiger charge is -2.29. The molecular weight excluding hydrogens is 875 g/mol. The van der Waals surface area contributed by atoms with Crippen LogP contribution in [0.3, 0.4) is 0 Å². The summed E-state index contributed by atoms with van der Waals surface area (Å²) in [5.74, 6) is 4.78.